The molecular weight excluding hydrogens is 309 g/mol. The Labute approximate surface area is 119 Å². The largest absolute Gasteiger partial charge is 0.348 e. The molecule has 0 radical (unpaired) electrons. The summed E-state index contributed by atoms with van der Waals surface area (Å²) >= 11 is 3.36. The summed E-state index contributed by atoms with van der Waals surface area (Å²) in [5.74, 6) is -0.904. The maximum absolute atomic E-state index is 13.5. The van der Waals surface area contributed by atoms with E-state index in [2.05, 4.69) is 21.2 Å². The highest BCUT2D eigenvalue weighted by molar-refractivity contribution is 9.10. The Kier molecular flexibility index (Phi) is 4.32. The number of nitrogens with one attached hydrogen (secondary N) is 1. The fraction of sp³-hybridized carbons (Fsp3) is 0.133. The van der Waals surface area contributed by atoms with Crippen molar-refractivity contribution in [2.24, 2.45) is 0 Å². The van der Waals surface area contributed by atoms with E-state index in [0.29, 0.717) is 6.54 Å². The third kappa shape index (κ3) is 3.64. The van der Waals surface area contributed by atoms with Crippen LogP contribution in [0.2, 0.25) is 0 Å². The summed E-state index contributed by atoms with van der Waals surface area (Å²) in [5.41, 5.74) is 1.89. The van der Waals surface area contributed by atoms with E-state index in [0.717, 1.165) is 15.6 Å². The summed E-state index contributed by atoms with van der Waals surface area (Å²) in [6, 6.07) is 12.1. The second kappa shape index (κ2) is 5.97. The summed E-state index contributed by atoms with van der Waals surface area (Å²) in [6.45, 7) is 2.19. The summed E-state index contributed by atoms with van der Waals surface area (Å²) < 4.78 is 14.5. The van der Waals surface area contributed by atoms with Crippen molar-refractivity contribution in [3.05, 3.63) is 69.4 Å². The molecule has 0 aliphatic rings. The number of hydrogen-bond acceptors (Lipinski definition) is 1. The van der Waals surface area contributed by atoms with Gasteiger partial charge in [-0.1, -0.05) is 39.7 Å². The molecular formula is C15H13BrFNO. The smallest absolute Gasteiger partial charge is 0.254 e. The molecule has 2 rings (SSSR count). The van der Waals surface area contributed by atoms with Gasteiger partial charge in [0.2, 0.25) is 0 Å². The van der Waals surface area contributed by atoms with Gasteiger partial charge < -0.3 is 5.32 Å². The van der Waals surface area contributed by atoms with E-state index >= 15 is 0 Å². The molecule has 4 heteroatoms. The van der Waals surface area contributed by atoms with Crippen molar-refractivity contribution in [3.63, 3.8) is 0 Å². The van der Waals surface area contributed by atoms with Gasteiger partial charge in [0.15, 0.2) is 0 Å². The molecule has 0 saturated heterocycles. The zero-order valence-electron chi connectivity index (χ0n) is 10.4. The average Bonchev–Trinajstić information content (AvgIpc) is 2.39. The van der Waals surface area contributed by atoms with E-state index in [1.807, 2.05) is 31.2 Å². The van der Waals surface area contributed by atoms with Crippen LogP contribution in [-0.2, 0) is 6.54 Å². The predicted molar refractivity (Wildman–Crippen MR) is 76.4 cm³/mol. The molecule has 0 bridgehead atoms. The van der Waals surface area contributed by atoms with E-state index < -0.39 is 11.7 Å². The first-order valence-electron chi connectivity index (χ1n) is 5.85. The third-order valence-corrected chi connectivity index (χ3v) is 3.20. The number of carbonyl (C=O) groups is 1. The maximum Gasteiger partial charge on any atom is 0.254 e. The summed E-state index contributed by atoms with van der Waals surface area (Å²) in [7, 11) is 0. The number of aryl methyl sites for hydroxylation is 1. The van der Waals surface area contributed by atoms with Crippen LogP contribution in [0, 0.1) is 12.7 Å². The molecule has 0 heterocycles. The Morgan fingerprint density at radius 2 is 2.05 bits per heavy atom. The molecule has 98 valence electrons. The number of benzene rings is 2. The van der Waals surface area contributed by atoms with E-state index in [1.165, 1.54) is 6.07 Å². The molecule has 0 aliphatic carbocycles. The van der Waals surface area contributed by atoms with Crippen LogP contribution in [0.1, 0.15) is 21.5 Å². The van der Waals surface area contributed by atoms with E-state index in [9.17, 15) is 9.18 Å². The fourth-order valence-corrected chi connectivity index (χ4v) is 2.18. The van der Waals surface area contributed by atoms with Gasteiger partial charge in [0, 0.05) is 11.0 Å². The lowest BCUT2D eigenvalue weighted by molar-refractivity contribution is 0.0947. The molecule has 2 nitrogen and oxygen atoms in total. The van der Waals surface area contributed by atoms with Gasteiger partial charge in [0.25, 0.3) is 5.91 Å². The highest BCUT2D eigenvalue weighted by Crippen LogP contribution is 2.13. The molecule has 0 aliphatic heterocycles. The van der Waals surface area contributed by atoms with Gasteiger partial charge in [-0.3, -0.25) is 4.79 Å². The van der Waals surface area contributed by atoms with Crippen molar-refractivity contribution in [1.29, 1.82) is 0 Å². The molecule has 2 aromatic carbocycles. The van der Waals surface area contributed by atoms with Crippen LogP contribution in [0.25, 0.3) is 0 Å². The van der Waals surface area contributed by atoms with Crippen LogP contribution in [0.5, 0.6) is 0 Å². The van der Waals surface area contributed by atoms with Gasteiger partial charge in [-0.05, 0) is 36.8 Å². The first-order valence-corrected chi connectivity index (χ1v) is 6.64. The van der Waals surface area contributed by atoms with Crippen molar-refractivity contribution >= 4 is 21.8 Å². The lowest BCUT2D eigenvalue weighted by Crippen LogP contribution is -2.23. The number of rotatable bonds is 3. The Bertz CT molecular complexity index is 613. The van der Waals surface area contributed by atoms with Gasteiger partial charge in [0.05, 0.1) is 5.56 Å². The van der Waals surface area contributed by atoms with Crippen LogP contribution in [0.15, 0.2) is 46.9 Å². The zero-order valence-corrected chi connectivity index (χ0v) is 12.0. The van der Waals surface area contributed by atoms with Crippen LogP contribution in [0.3, 0.4) is 0 Å². The predicted octanol–water partition coefficient (Wildman–Crippen LogP) is 3.83. The SMILES string of the molecule is Cc1ccc(F)c(C(=O)NCc2cccc(Br)c2)c1. The van der Waals surface area contributed by atoms with Crippen molar-refractivity contribution < 1.29 is 9.18 Å². The number of carbonyl (C=O) groups excluding carboxylic acids is 1. The van der Waals surface area contributed by atoms with Crippen molar-refractivity contribution in [1.82, 2.24) is 5.32 Å². The number of halogens is 2. The molecule has 0 spiro atoms. The minimum Gasteiger partial charge on any atom is -0.348 e. The summed E-state index contributed by atoms with van der Waals surface area (Å²) in [5, 5.41) is 2.71. The standard InChI is InChI=1S/C15H13BrFNO/c1-10-5-6-14(17)13(7-10)15(19)18-9-11-3-2-4-12(16)8-11/h2-8H,9H2,1H3,(H,18,19). The summed E-state index contributed by atoms with van der Waals surface area (Å²) in [6.07, 6.45) is 0. The molecule has 0 saturated carbocycles. The fourth-order valence-electron chi connectivity index (χ4n) is 1.74. The molecule has 1 amide bonds. The lowest BCUT2D eigenvalue weighted by Gasteiger charge is -2.07. The molecule has 0 fully saturated rings. The first kappa shape index (κ1) is 13.7. The zero-order chi connectivity index (χ0) is 13.8. The lowest BCUT2D eigenvalue weighted by atomic mass is 10.1. The second-order valence-electron chi connectivity index (χ2n) is 4.30. The normalized spacial score (nSPS) is 10.3. The Hall–Kier alpha value is -1.68. The van der Waals surface area contributed by atoms with Crippen molar-refractivity contribution in [2.75, 3.05) is 0 Å². The molecule has 2 aromatic rings. The Morgan fingerprint density at radius 3 is 2.79 bits per heavy atom. The van der Waals surface area contributed by atoms with Gasteiger partial charge >= 0.3 is 0 Å². The van der Waals surface area contributed by atoms with Crippen molar-refractivity contribution in [3.8, 4) is 0 Å². The topological polar surface area (TPSA) is 29.1 Å². The highest BCUT2D eigenvalue weighted by Gasteiger charge is 2.11. The van der Waals surface area contributed by atoms with Crippen LogP contribution < -0.4 is 5.32 Å². The molecule has 0 aromatic heterocycles. The van der Waals surface area contributed by atoms with Gasteiger partial charge in [-0.25, -0.2) is 4.39 Å². The quantitative estimate of drug-likeness (QED) is 0.914. The van der Waals surface area contributed by atoms with E-state index in [-0.39, 0.29) is 5.56 Å². The third-order valence-electron chi connectivity index (χ3n) is 2.71. The van der Waals surface area contributed by atoms with Gasteiger partial charge in [0.1, 0.15) is 5.82 Å². The van der Waals surface area contributed by atoms with E-state index in [1.54, 1.807) is 12.1 Å². The Balaban J connectivity index is 2.07. The second-order valence-corrected chi connectivity index (χ2v) is 5.21. The average molecular weight is 322 g/mol. The number of amides is 1. The molecule has 0 atom stereocenters. The maximum atomic E-state index is 13.5. The number of hydrogen-bond donors (Lipinski definition) is 1. The molecule has 19 heavy (non-hydrogen) atoms. The van der Waals surface area contributed by atoms with Crippen LogP contribution in [0.4, 0.5) is 4.39 Å². The monoisotopic (exact) mass is 321 g/mol. The van der Waals surface area contributed by atoms with E-state index in [4.69, 9.17) is 0 Å². The minimum atomic E-state index is -0.502. The van der Waals surface area contributed by atoms with Crippen LogP contribution >= 0.6 is 15.9 Å². The minimum absolute atomic E-state index is 0.0787. The molecule has 0 unspecified atom stereocenters. The Morgan fingerprint density at radius 1 is 1.26 bits per heavy atom. The van der Waals surface area contributed by atoms with Crippen LogP contribution in [-0.4, -0.2) is 5.91 Å². The van der Waals surface area contributed by atoms with Gasteiger partial charge in [-0.15, -0.1) is 0 Å². The molecule has 1 N–H and O–H groups in total. The van der Waals surface area contributed by atoms with Gasteiger partial charge in [-0.2, -0.15) is 0 Å². The first-order chi connectivity index (χ1) is 9.06. The summed E-state index contributed by atoms with van der Waals surface area (Å²) in [4.78, 5) is 11.9. The highest BCUT2D eigenvalue weighted by atomic mass is 79.9. The van der Waals surface area contributed by atoms with Crippen molar-refractivity contribution in [2.45, 2.75) is 13.5 Å².